The number of aryl methyl sites for hydroxylation is 1. The topological polar surface area (TPSA) is 102 Å². The molecule has 0 saturated carbocycles. The smallest absolute Gasteiger partial charge is 0.332 e. The van der Waals surface area contributed by atoms with E-state index in [4.69, 9.17) is 0 Å². The summed E-state index contributed by atoms with van der Waals surface area (Å²) in [5, 5.41) is 13.9. The molecule has 0 amide bonds. The Bertz CT molecular complexity index is 978. The molecule has 0 aliphatic rings. The van der Waals surface area contributed by atoms with Crippen LogP contribution in [0.3, 0.4) is 0 Å². The number of nitro benzene ring substituents is 1. The van der Waals surface area contributed by atoms with E-state index >= 15 is 0 Å². The van der Waals surface area contributed by atoms with Crippen molar-refractivity contribution in [3.05, 3.63) is 79.5 Å². The van der Waals surface area contributed by atoms with Crippen molar-refractivity contribution in [3.8, 4) is 0 Å². The van der Waals surface area contributed by atoms with Gasteiger partial charge in [-0.05, 0) is 31.4 Å². The van der Waals surface area contributed by atoms with Crippen molar-refractivity contribution < 1.29 is 4.92 Å². The van der Waals surface area contributed by atoms with Gasteiger partial charge in [-0.3, -0.25) is 28.9 Å². The Hall–Kier alpha value is -3.20. The van der Waals surface area contributed by atoms with Crippen LogP contribution in [0.2, 0.25) is 0 Å². The van der Waals surface area contributed by atoms with Crippen LogP contribution in [0.4, 0.5) is 11.5 Å². The molecule has 30 heavy (non-hydrogen) atoms. The van der Waals surface area contributed by atoms with Crippen molar-refractivity contribution >= 4 is 11.5 Å². The summed E-state index contributed by atoms with van der Waals surface area (Å²) in [6.07, 6.45) is 4.68. The maximum Gasteiger partial charge on any atom is 0.332 e. The normalized spacial score (nSPS) is 10.9. The van der Waals surface area contributed by atoms with E-state index in [1.165, 1.54) is 29.8 Å². The van der Waals surface area contributed by atoms with Crippen molar-refractivity contribution in [2.45, 2.75) is 19.3 Å². The van der Waals surface area contributed by atoms with Crippen LogP contribution >= 0.6 is 0 Å². The van der Waals surface area contributed by atoms with E-state index < -0.39 is 4.92 Å². The molecule has 2 aromatic rings. The van der Waals surface area contributed by atoms with E-state index in [0.29, 0.717) is 12.4 Å². The highest BCUT2D eigenvalue weighted by atomic mass is 16.6. The lowest BCUT2D eigenvalue weighted by molar-refractivity contribution is -0.384. The minimum Gasteiger partial charge on any atom is -0.370 e. The van der Waals surface area contributed by atoms with E-state index in [1.807, 2.05) is 6.08 Å². The Morgan fingerprint density at radius 2 is 1.83 bits per heavy atom. The Labute approximate surface area is 175 Å². The molecule has 0 aliphatic heterocycles. The standard InChI is InChI=1S/C21H29N5O4/c1-4-13-25(14-6-5-7-17-8-10-18(11-9-17)26(29)30)15-12-22-19-16-20(27)24(3)21(28)23(19)2/h4,8-11,16,22H,1,5-7,12-15H2,2-3H3. The summed E-state index contributed by atoms with van der Waals surface area (Å²) in [5.41, 5.74) is 0.496. The van der Waals surface area contributed by atoms with Crippen LogP contribution in [0.15, 0.2) is 52.6 Å². The minimum atomic E-state index is -0.393. The Kier molecular flexibility index (Phi) is 8.54. The molecule has 0 saturated heterocycles. The van der Waals surface area contributed by atoms with Gasteiger partial charge in [0.05, 0.1) is 4.92 Å². The number of non-ortho nitro benzene ring substituents is 1. The fourth-order valence-electron chi connectivity index (χ4n) is 3.17. The Morgan fingerprint density at radius 3 is 2.47 bits per heavy atom. The van der Waals surface area contributed by atoms with Crippen molar-refractivity contribution in [2.75, 3.05) is 31.5 Å². The van der Waals surface area contributed by atoms with Crippen LogP contribution < -0.4 is 16.6 Å². The SMILES string of the molecule is C=CCN(CCCCc1ccc([N+](=O)[O-])cc1)CCNc1cc(=O)n(C)c(=O)n1C. The first kappa shape index (κ1) is 23.1. The van der Waals surface area contributed by atoms with Crippen LogP contribution in [0.25, 0.3) is 0 Å². The van der Waals surface area contributed by atoms with Crippen molar-refractivity contribution in [1.29, 1.82) is 0 Å². The molecule has 9 nitrogen and oxygen atoms in total. The van der Waals surface area contributed by atoms with Gasteiger partial charge in [0.2, 0.25) is 0 Å². The number of hydrogen-bond donors (Lipinski definition) is 1. The van der Waals surface area contributed by atoms with Crippen LogP contribution in [0.1, 0.15) is 18.4 Å². The van der Waals surface area contributed by atoms with Gasteiger partial charge in [-0.15, -0.1) is 6.58 Å². The monoisotopic (exact) mass is 415 g/mol. The number of anilines is 1. The van der Waals surface area contributed by atoms with Gasteiger partial charge >= 0.3 is 5.69 Å². The summed E-state index contributed by atoms with van der Waals surface area (Å²) < 4.78 is 2.49. The van der Waals surface area contributed by atoms with Gasteiger partial charge in [0, 0.05) is 51.9 Å². The second kappa shape index (κ2) is 11.1. The zero-order chi connectivity index (χ0) is 22.1. The summed E-state index contributed by atoms with van der Waals surface area (Å²) in [6, 6.07) is 8.10. The Morgan fingerprint density at radius 1 is 1.13 bits per heavy atom. The van der Waals surface area contributed by atoms with E-state index in [1.54, 1.807) is 19.2 Å². The average Bonchev–Trinajstić information content (AvgIpc) is 2.73. The molecule has 0 aliphatic carbocycles. The van der Waals surface area contributed by atoms with Gasteiger partial charge in [0.25, 0.3) is 11.2 Å². The van der Waals surface area contributed by atoms with Gasteiger partial charge in [0.1, 0.15) is 5.82 Å². The van der Waals surface area contributed by atoms with Gasteiger partial charge in [-0.25, -0.2) is 4.79 Å². The molecule has 9 heteroatoms. The summed E-state index contributed by atoms with van der Waals surface area (Å²) in [4.78, 5) is 36.3. The molecule has 0 radical (unpaired) electrons. The first-order valence-electron chi connectivity index (χ1n) is 9.91. The molecule has 0 unspecified atom stereocenters. The largest absolute Gasteiger partial charge is 0.370 e. The van der Waals surface area contributed by atoms with Gasteiger partial charge in [0.15, 0.2) is 0 Å². The minimum absolute atomic E-state index is 0.108. The second-order valence-electron chi connectivity index (χ2n) is 7.17. The fourth-order valence-corrected chi connectivity index (χ4v) is 3.17. The molecule has 0 spiro atoms. The maximum absolute atomic E-state index is 12.0. The second-order valence-corrected chi connectivity index (χ2v) is 7.17. The van der Waals surface area contributed by atoms with Gasteiger partial charge in [-0.2, -0.15) is 0 Å². The molecule has 1 N–H and O–H groups in total. The zero-order valence-electron chi connectivity index (χ0n) is 17.5. The lowest BCUT2D eigenvalue weighted by atomic mass is 10.1. The van der Waals surface area contributed by atoms with Crippen molar-refractivity contribution in [3.63, 3.8) is 0 Å². The number of nitrogens with one attached hydrogen (secondary N) is 1. The van der Waals surface area contributed by atoms with E-state index in [2.05, 4.69) is 16.8 Å². The van der Waals surface area contributed by atoms with Crippen molar-refractivity contribution in [1.82, 2.24) is 14.0 Å². The number of nitro groups is 1. The van der Waals surface area contributed by atoms with E-state index in [0.717, 1.165) is 49.0 Å². The molecular formula is C21H29N5O4. The Balaban J connectivity index is 1.79. The number of hydrogen-bond acceptors (Lipinski definition) is 6. The molecule has 0 bridgehead atoms. The number of rotatable bonds is 12. The number of unbranched alkanes of at least 4 members (excludes halogenated alkanes) is 1. The first-order chi connectivity index (χ1) is 14.3. The third-order valence-corrected chi connectivity index (χ3v) is 4.98. The molecule has 0 fully saturated rings. The molecule has 0 atom stereocenters. The van der Waals surface area contributed by atoms with Gasteiger partial charge < -0.3 is 5.32 Å². The quantitative estimate of drug-likeness (QED) is 0.246. The fraction of sp³-hybridized carbons (Fsp3) is 0.429. The molecule has 1 heterocycles. The van der Waals surface area contributed by atoms with Gasteiger partial charge in [-0.1, -0.05) is 18.2 Å². The molecule has 1 aromatic carbocycles. The van der Waals surface area contributed by atoms with Crippen LogP contribution in [0.5, 0.6) is 0 Å². The molecular weight excluding hydrogens is 386 g/mol. The third kappa shape index (κ3) is 6.41. The molecule has 162 valence electrons. The lowest BCUT2D eigenvalue weighted by Crippen LogP contribution is -2.38. The van der Waals surface area contributed by atoms with E-state index in [9.17, 15) is 19.7 Å². The highest BCUT2D eigenvalue weighted by molar-refractivity contribution is 5.34. The first-order valence-corrected chi connectivity index (χ1v) is 9.91. The maximum atomic E-state index is 12.0. The highest BCUT2D eigenvalue weighted by Crippen LogP contribution is 2.13. The number of benzene rings is 1. The van der Waals surface area contributed by atoms with Crippen molar-refractivity contribution in [2.24, 2.45) is 14.1 Å². The number of nitrogens with zero attached hydrogens (tertiary/aromatic N) is 4. The highest BCUT2D eigenvalue weighted by Gasteiger charge is 2.08. The van der Waals surface area contributed by atoms with Crippen LogP contribution in [0, 0.1) is 10.1 Å². The predicted octanol–water partition coefficient (Wildman–Crippen LogP) is 1.91. The third-order valence-electron chi connectivity index (χ3n) is 4.98. The van der Waals surface area contributed by atoms with Crippen LogP contribution in [-0.4, -0.2) is 45.1 Å². The predicted molar refractivity (Wildman–Crippen MR) is 118 cm³/mol. The molecule has 1 aromatic heterocycles. The average molecular weight is 415 g/mol. The van der Waals surface area contributed by atoms with E-state index in [-0.39, 0.29) is 16.9 Å². The van der Waals surface area contributed by atoms with Crippen LogP contribution in [-0.2, 0) is 20.5 Å². The summed E-state index contributed by atoms with van der Waals surface area (Å²) in [7, 11) is 3.08. The zero-order valence-corrected chi connectivity index (χ0v) is 17.5. The summed E-state index contributed by atoms with van der Waals surface area (Å²) in [6.45, 7) is 6.77. The summed E-state index contributed by atoms with van der Waals surface area (Å²) >= 11 is 0. The number of aromatic nitrogens is 2. The molecule has 2 rings (SSSR count). The summed E-state index contributed by atoms with van der Waals surface area (Å²) in [5.74, 6) is 0.500. The lowest BCUT2D eigenvalue weighted by Gasteiger charge is -2.21.